The number of piperidine rings is 1. The van der Waals surface area contributed by atoms with Gasteiger partial charge in [-0.2, -0.15) is 30.6 Å². The van der Waals surface area contributed by atoms with Gasteiger partial charge in [0.25, 0.3) is 10.2 Å². The van der Waals surface area contributed by atoms with Crippen LogP contribution in [-0.2, 0) is 10.2 Å². The van der Waals surface area contributed by atoms with E-state index in [-0.39, 0.29) is 12.6 Å². The number of likely N-dealkylation sites (N-methyl/N-ethyl adjacent to an activating group) is 1. The van der Waals surface area contributed by atoms with Crippen LogP contribution in [0.4, 0.5) is 13.2 Å². The minimum atomic E-state index is -4.54. The van der Waals surface area contributed by atoms with Crippen LogP contribution in [0.1, 0.15) is 19.8 Å². The van der Waals surface area contributed by atoms with Crippen LogP contribution in [0, 0.1) is 0 Å². The fourth-order valence-corrected chi connectivity index (χ4v) is 3.38. The van der Waals surface area contributed by atoms with Crippen molar-refractivity contribution in [3.8, 4) is 0 Å². The van der Waals surface area contributed by atoms with Crippen molar-refractivity contribution in [3.63, 3.8) is 0 Å². The van der Waals surface area contributed by atoms with Crippen molar-refractivity contribution >= 4 is 10.2 Å². The molecule has 1 fully saturated rings. The topological polar surface area (TPSA) is 61.4 Å². The lowest BCUT2D eigenvalue weighted by atomic mass is 10.1. The van der Waals surface area contributed by atoms with Crippen LogP contribution < -0.4 is 10.0 Å². The Balaban J connectivity index is 2.67. The summed E-state index contributed by atoms with van der Waals surface area (Å²) < 4.78 is 62.4. The highest BCUT2D eigenvalue weighted by Crippen LogP contribution is 2.16. The molecule has 0 bridgehead atoms. The number of nitrogens with zero attached hydrogens (tertiary/aromatic N) is 1. The number of alkyl halides is 3. The Hall–Kier alpha value is -0.380. The van der Waals surface area contributed by atoms with E-state index in [1.54, 1.807) is 11.6 Å². The van der Waals surface area contributed by atoms with Gasteiger partial charge in [-0.15, -0.1) is 0 Å². The first-order valence-corrected chi connectivity index (χ1v) is 7.24. The molecule has 9 heteroatoms. The third kappa shape index (κ3) is 4.71. The van der Waals surface area contributed by atoms with E-state index in [1.165, 1.54) is 0 Å². The summed E-state index contributed by atoms with van der Waals surface area (Å²) in [4.78, 5) is 0. The third-order valence-corrected chi connectivity index (χ3v) is 4.44. The standard InChI is InChI=1S/C9H18F3N3O2S/c1-2-15(8-4-3-5-13-6-8)18(16,17)14-7-9(10,11)12/h8,13-14H,2-7H2,1H3. The molecule has 0 amide bonds. The molecule has 1 aliphatic rings. The molecule has 1 rings (SSSR count). The molecule has 1 unspecified atom stereocenters. The molecular weight excluding hydrogens is 271 g/mol. The molecule has 108 valence electrons. The van der Waals surface area contributed by atoms with Gasteiger partial charge >= 0.3 is 6.18 Å². The smallest absolute Gasteiger partial charge is 0.315 e. The summed E-state index contributed by atoms with van der Waals surface area (Å²) in [5.41, 5.74) is 0. The molecule has 0 saturated carbocycles. The van der Waals surface area contributed by atoms with E-state index in [1.807, 2.05) is 0 Å². The molecule has 2 N–H and O–H groups in total. The minimum absolute atomic E-state index is 0.152. The zero-order valence-electron chi connectivity index (χ0n) is 10.1. The van der Waals surface area contributed by atoms with E-state index in [9.17, 15) is 21.6 Å². The highest BCUT2D eigenvalue weighted by Gasteiger charge is 2.34. The molecule has 0 spiro atoms. The lowest BCUT2D eigenvalue weighted by Gasteiger charge is -2.33. The molecule has 1 heterocycles. The normalized spacial score (nSPS) is 22.4. The van der Waals surface area contributed by atoms with Crippen molar-refractivity contribution in [1.29, 1.82) is 0 Å². The van der Waals surface area contributed by atoms with E-state index in [4.69, 9.17) is 0 Å². The SMILES string of the molecule is CCN(C1CCCNC1)S(=O)(=O)NCC(F)(F)F. The average Bonchev–Trinajstić information content (AvgIpc) is 2.28. The Morgan fingerprint density at radius 3 is 2.56 bits per heavy atom. The highest BCUT2D eigenvalue weighted by atomic mass is 32.2. The monoisotopic (exact) mass is 289 g/mol. The van der Waals surface area contributed by atoms with E-state index in [2.05, 4.69) is 5.32 Å². The predicted molar refractivity (Wildman–Crippen MR) is 61.2 cm³/mol. The maximum Gasteiger partial charge on any atom is 0.402 e. The average molecular weight is 289 g/mol. The van der Waals surface area contributed by atoms with Gasteiger partial charge in [0.2, 0.25) is 0 Å². The number of halogens is 3. The van der Waals surface area contributed by atoms with Crippen LogP contribution in [0.2, 0.25) is 0 Å². The van der Waals surface area contributed by atoms with Crippen LogP contribution in [0.5, 0.6) is 0 Å². The molecule has 1 saturated heterocycles. The van der Waals surface area contributed by atoms with Crippen molar-refractivity contribution in [2.24, 2.45) is 0 Å². The van der Waals surface area contributed by atoms with Gasteiger partial charge in [-0.25, -0.2) is 0 Å². The van der Waals surface area contributed by atoms with Crippen molar-refractivity contribution in [2.75, 3.05) is 26.2 Å². The Bertz CT molecular complexity index is 353. The molecule has 5 nitrogen and oxygen atoms in total. The Kier molecular flexibility index (Phi) is 5.38. The quantitative estimate of drug-likeness (QED) is 0.773. The largest absolute Gasteiger partial charge is 0.402 e. The summed E-state index contributed by atoms with van der Waals surface area (Å²) in [6, 6.07) is -0.283. The molecule has 0 aromatic rings. The van der Waals surface area contributed by atoms with Gasteiger partial charge in [0.15, 0.2) is 0 Å². The lowest BCUT2D eigenvalue weighted by molar-refractivity contribution is -0.121. The second-order valence-electron chi connectivity index (χ2n) is 4.14. The zero-order chi connectivity index (χ0) is 13.8. The first kappa shape index (κ1) is 15.7. The minimum Gasteiger partial charge on any atom is -0.315 e. The van der Waals surface area contributed by atoms with Crippen LogP contribution in [0.15, 0.2) is 0 Å². The van der Waals surface area contributed by atoms with Gasteiger partial charge in [-0.1, -0.05) is 6.92 Å². The van der Waals surface area contributed by atoms with E-state index >= 15 is 0 Å². The lowest BCUT2D eigenvalue weighted by Crippen LogP contribution is -2.53. The van der Waals surface area contributed by atoms with Gasteiger partial charge in [0.1, 0.15) is 6.54 Å². The molecule has 1 aliphatic heterocycles. The summed E-state index contributed by atoms with van der Waals surface area (Å²) >= 11 is 0. The van der Waals surface area contributed by atoms with Gasteiger partial charge in [-0.3, -0.25) is 0 Å². The fraction of sp³-hybridized carbons (Fsp3) is 1.00. The number of hydrogen-bond donors (Lipinski definition) is 2. The number of rotatable bonds is 5. The Morgan fingerprint density at radius 2 is 2.11 bits per heavy atom. The van der Waals surface area contributed by atoms with Crippen molar-refractivity contribution < 1.29 is 21.6 Å². The summed E-state index contributed by atoms with van der Waals surface area (Å²) in [7, 11) is -4.08. The molecule has 1 atom stereocenters. The van der Waals surface area contributed by atoms with Gasteiger partial charge in [0.05, 0.1) is 0 Å². The summed E-state index contributed by atoms with van der Waals surface area (Å²) in [5, 5.41) is 3.04. The third-order valence-electron chi connectivity index (χ3n) is 2.75. The van der Waals surface area contributed by atoms with E-state index < -0.39 is 22.9 Å². The first-order valence-electron chi connectivity index (χ1n) is 5.80. The van der Waals surface area contributed by atoms with E-state index in [0.717, 1.165) is 17.3 Å². The molecule has 18 heavy (non-hydrogen) atoms. The number of hydrogen-bond acceptors (Lipinski definition) is 3. The van der Waals surface area contributed by atoms with Crippen LogP contribution >= 0.6 is 0 Å². The predicted octanol–water partition coefficient (Wildman–Crippen LogP) is 0.457. The van der Waals surface area contributed by atoms with Crippen molar-refractivity contribution in [2.45, 2.75) is 32.0 Å². The second kappa shape index (κ2) is 6.18. The maximum atomic E-state index is 12.0. The molecule has 0 aromatic heterocycles. The number of nitrogens with one attached hydrogen (secondary N) is 2. The van der Waals surface area contributed by atoms with Gasteiger partial charge < -0.3 is 5.32 Å². The Labute approximate surface area is 105 Å². The highest BCUT2D eigenvalue weighted by molar-refractivity contribution is 7.87. The molecular formula is C9H18F3N3O2S. The molecule has 0 radical (unpaired) electrons. The van der Waals surface area contributed by atoms with Crippen LogP contribution in [0.3, 0.4) is 0 Å². The summed E-state index contributed by atoms with van der Waals surface area (Å²) in [6.07, 6.45) is -3.07. The van der Waals surface area contributed by atoms with Crippen molar-refractivity contribution in [3.05, 3.63) is 0 Å². The maximum absolute atomic E-state index is 12.0. The Morgan fingerprint density at radius 1 is 1.44 bits per heavy atom. The van der Waals surface area contributed by atoms with Gasteiger partial charge in [-0.05, 0) is 19.4 Å². The van der Waals surface area contributed by atoms with Crippen LogP contribution in [-0.4, -0.2) is 51.1 Å². The van der Waals surface area contributed by atoms with Crippen LogP contribution in [0.25, 0.3) is 0 Å². The van der Waals surface area contributed by atoms with Crippen molar-refractivity contribution in [1.82, 2.24) is 14.3 Å². The zero-order valence-corrected chi connectivity index (χ0v) is 10.9. The second-order valence-corrected chi connectivity index (χ2v) is 5.85. The summed E-state index contributed by atoms with van der Waals surface area (Å²) in [5.74, 6) is 0. The fourth-order valence-electron chi connectivity index (χ4n) is 1.96. The first-order chi connectivity index (χ1) is 8.26. The molecule has 0 aromatic carbocycles. The van der Waals surface area contributed by atoms with Gasteiger partial charge in [0, 0.05) is 19.1 Å². The molecule has 0 aliphatic carbocycles. The summed E-state index contributed by atoms with van der Waals surface area (Å²) in [6.45, 7) is 1.51. The van der Waals surface area contributed by atoms with E-state index in [0.29, 0.717) is 13.0 Å².